The monoisotopic (exact) mass is 477 g/mol. The SMILES string of the molecule is CC#CC(=O)N1C[C@H]2[C@@H]([C@H]1c1nc(-c3ccc(Oc4ccccc4)cc3)c3c(N)nccn13)C2(C)C. The Bertz CT molecular complexity index is 1530. The average Bonchev–Trinajstić information content (AvgIpc) is 3.21. The summed E-state index contributed by atoms with van der Waals surface area (Å²) in [4.78, 5) is 24.3. The molecule has 180 valence electrons. The minimum absolute atomic E-state index is 0.141. The number of carbonyl (C=O) groups excluding carboxylic acids is 1. The van der Waals surface area contributed by atoms with Crippen molar-refractivity contribution >= 4 is 17.2 Å². The van der Waals surface area contributed by atoms with Gasteiger partial charge in [-0.2, -0.15) is 0 Å². The van der Waals surface area contributed by atoms with Gasteiger partial charge in [-0.25, -0.2) is 9.97 Å². The van der Waals surface area contributed by atoms with Crippen molar-refractivity contribution in [1.29, 1.82) is 0 Å². The lowest BCUT2D eigenvalue weighted by Crippen LogP contribution is -2.35. The molecule has 2 fully saturated rings. The fourth-order valence-corrected chi connectivity index (χ4v) is 5.77. The van der Waals surface area contributed by atoms with Crippen molar-refractivity contribution in [2.45, 2.75) is 26.8 Å². The van der Waals surface area contributed by atoms with Crippen molar-refractivity contribution < 1.29 is 9.53 Å². The number of para-hydroxylation sites is 1. The van der Waals surface area contributed by atoms with Crippen LogP contribution in [0.5, 0.6) is 11.5 Å². The molecule has 1 amide bonds. The number of amides is 1. The van der Waals surface area contributed by atoms with Gasteiger partial charge in [0.05, 0.1) is 6.04 Å². The maximum atomic E-state index is 12.9. The third-order valence-corrected chi connectivity index (χ3v) is 7.68. The third-order valence-electron chi connectivity index (χ3n) is 7.68. The summed E-state index contributed by atoms with van der Waals surface area (Å²) < 4.78 is 7.95. The summed E-state index contributed by atoms with van der Waals surface area (Å²) in [6.45, 7) is 6.90. The van der Waals surface area contributed by atoms with Gasteiger partial charge in [-0.3, -0.25) is 9.20 Å². The Hall–Kier alpha value is -4.31. The quantitative estimate of drug-likeness (QED) is 0.421. The number of hydrogen-bond acceptors (Lipinski definition) is 5. The smallest absolute Gasteiger partial charge is 0.299 e. The Morgan fingerprint density at radius 1 is 1.11 bits per heavy atom. The maximum absolute atomic E-state index is 12.9. The second-order valence-corrected chi connectivity index (χ2v) is 10.0. The number of aromatic nitrogens is 3. The number of anilines is 1. The van der Waals surface area contributed by atoms with E-state index in [1.54, 1.807) is 13.1 Å². The second-order valence-electron chi connectivity index (χ2n) is 10.0. The normalized spacial score (nSPS) is 21.5. The van der Waals surface area contributed by atoms with Gasteiger partial charge in [0.15, 0.2) is 0 Å². The first kappa shape index (κ1) is 22.2. The molecule has 2 aliphatic rings. The van der Waals surface area contributed by atoms with E-state index in [9.17, 15) is 4.79 Å². The molecule has 2 N–H and O–H groups in total. The molecule has 1 saturated carbocycles. The average molecular weight is 478 g/mol. The number of nitrogen functional groups attached to an aromatic ring is 1. The molecule has 3 atom stereocenters. The van der Waals surface area contributed by atoms with Crippen LogP contribution in [-0.2, 0) is 4.79 Å². The first-order valence-corrected chi connectivity index (χ1v) is 12.1. The molecule has 0 spiro atoms. The van der Waals surface area contributed by atoms with Crippen molar-refractivity contribution in [1.82, 2.24) is 19.3 Å². The second kappa shape index (κ2) is 8.13. The number of carbonyl (C=O) groups is 1. The van der Waals surface area contributed by atoms with E-state index in [-0.39, 0.29) is 17.4 Å². The predicted molar refractivity (Wildman–Crippen MR) is 138 cm³/mol. The Kier molecular flexibility index (Phi) is 5.01. The maximum Gasteiger partial charge on any atom is 0.299 e. The van der Waals surface area contributed by atoms with E-state index in [4.69, 9.17) is 15.5 Å². The van der Waals surface area contributed by atoms with Crippen LogP contribution in [0.1, 0.15) is 32.6 Å². The van der Waals surface area contributed by atoms with E-state index in [0.29, 0.717) is 24.2 Å². The standard InChI is InChI=1S/C29H27N5O2/c1-4-8-22(35)34-17-21-23(29(21,2)3)25(34)28-32-24(26-27(30)31-15-16-33(26)28)18-11-13-20(14-12-18)36-19-9-6-5-7-10-19/h5-7,9-16,21,23,25H,17H2,1-3H3,(H2,30,31)/t21-,23-,25-/m0/s1. The van der Waals surface area contributed by atoms with Gasteiger partial charge >= 0.3 is 0 Å². The van der Waals surface area contributed by atoms with Gasteiger partial charge in [0, 0.05) is 24.5 Å². The highest BCUT2D eigenvalue weighted by atomic mass is 16.5. The molecule has 0 unspecified atom stereocenters. The lowest BCUT2D eigenvalue weighted by atomic mass is 10.0. The van der Waals surface area contributed by atoms with Crippen LogP contribution in [0.4, 0.5) is 5.82 Å². The summed E-state index contributed by atoms with van der Waals surface area (Å²) in [5, 5.41) is 0. The van der Waals surface area contributed by atoms with Crippen LogP contribution in [0, 0.1) is 29.1 Å². The summed E-state index contributed by atoms with van der Waals surface area (Å²) in [5.41, 5.74) is 8.89. The van der Waals surface area contributed by atoms with Gasteiger partial charge in [-0.15, -0.1) is 0 Å². The fourth-order valence-electron chi connectivity index (χ4n) is 5.77. The molecule has 1 saturated heterocycles. The molecule has 4 aromatic rings. The molecule has 2 aromatic carbocycles. The molecule has 3 heterocycles. The van der Waals surface area contributed by atoms with Crippen LogP contribution in [0.25, 0.3) is 16.8 Å². The predicted octanol–water partition coefficient (Wildman–Crippen LogP) is 4.95. The molecular weight excluding hydrogens is 450 g/mol. The van der Waals surface area contributed by atoms with E-state index < -0.39 is 0 Å². The Morgan fingerprint density at radius 2 is 1.83 bits per heavy atom. The lowest BCUT2D eigenvalue weighted by Gasteiger charge is -2.28. The molecule has 0 radical (unpaired) electrons. The number of benzene rings is 2. The molecule has 36 heavy (non-hydrogen) atoms. The summed E-state index contributed by atoms with van der Waals surface area (Å²) in [7, 11) is 0. The van der Waals surface area contributed by atoms with Gasteiger partial charge in [0.1, 0.15) is 34.4 Å². The van der Waals surface area contributed by atoms with Crippen LogP contribution in [0.15, 0.2) is 67.0 Å². The number of likely N-dealkylation sites (tertiary alicyclic amines) is 1. The van der Waals surface area contributed by atoms with Crippen LogP contribution >= 0.6 is 0 Å². The molecule has 2 aromatic heterocycles. The number of hydrogen-bond donors (Lipinski definition) is 1. The van der Waals surface area contributed by atoms with Gasteiger partial charge < -0.3 is 15.4 Å². The summed E-state index contributed by atoms with van der Waals surface area (Å²) in [6, 6.07) is 17.3. The molecule has 0 bridgehead atoms. The minimum atomic E-state index is -0.179. The highest BCUT2D eigenvalue weighted by Gasteiger charge is 2.68. The number of nitrogens with zero attached hydrogens (tertiary/aromatic N) is 4. The topological polar surface area (TPSA) is 85.8 Å². The van der Waals surface area contributed by atoms with Crippen molar-refractivity contribution in [3.63, 3.8) is 0 Å². The Balaban J connectivity index is 1.43. The number of ether oxygens (including phenoxy) is 1. The van der Waals surface area contributed by atoms with Crippen LogP contribution in [0.3, 0.4) is 0 Å². The van der Waals surface area contributed by atoms with E-state index in [2.05, 4.69) is 30.7 Å². The molecule has 1 aliphatic heterocycles. The summed E-state index contributed by atoms with van der Waals surface area (Å²) >= 11 is 0. The molecule has 6 rings (SSSR count). The zero-order valence-electron chi connectivity index (χ0n) is 20.5. The van der Waals surface area contributed by atoms with Crippen LogP contribution < -0.4 is 10.5 Å². The zero-order chi connectivity index (χ0) is 25.0. The number of rotatable bonds is 4. The zero-order valence-corrected chi connectivity index (χ0v) is 20.5. The van der Waals surface area contributed by atoms with Gasteiger partial charge in [-0.1, -0.05) is 38.0 Å². The Morgan fingerprint density at radius 3 is 2.56 bits per heavy atom. The van der Waals surface area contributed by atoms with Crippen molar-refractivity contribution in [3.05, 3.63) is 72.8 Å². The summed E-state index contributed by atoms with van der Waals surface area (Å²) in [6.07, 6.45) is 3.55. The number of fused-ring (bicyclic) bond motifs is 2. The summed E-state index contributed by atoms with van der Waals surface area (Å²) in [5.74, 6) is 8.76. The minimum Gasteiger partial charge on any atom is -0.457 e. The largest absolute Gasteiger partial charge is 0.457 e. The first-order chi connectivity index (χ1) is 17.4. The molecular formula is C29H27N5O2. The first-order valence-electron chi connectivity index (χ1n) is 12.1. The third kappa shape index (κ3) is 3.41. The molecule has 7 heteroatoms. The number of piperidine rings is 1. The van der Waals surface area contributed by atoms with E-state index in [1.807, 2.05) is 70.1 Å². The highest BCUT2D eigenvalue weighted by Crippen LogP contribution is 2.69. The van der Waals surface area contributed by atoms with Crippen molar-refractivity contribution in [2.75, 3.05) is 12.3 Å². The van der Waals surface area contributed by atoms with E-state index in [0.717, 1.165) is 34.1 Å². The Labute approximate surface area is 209 Å². The van der Waals surface area contributed by atoms with Gasteiger partial charge in [0.2, 0.25) is 0 Å². The number of imidazole rings is 1. The lowest BCUT2D eigenvalue weighted by molar-refractivity contribution is -0.127. The van der Waals surface area contributed by atoms with Crippen LogP contribution in [-0.4, -0.2) is 31.7 Å². The van der Waals surface area contributed by atoms with E-state index in [1.165, 1.54) is 0 Å². The van der Waals surface area contributed by atoms with Gasteiger partial charge in [-0.05, 0) is 66.5 Å². The van der Waals surface area contributed by atoms with E-state index >= 15 is 0 Å². The fraction of sp³-hybridized carbons (Fsp3) is 0.276. The number of nitrogens with two attached hydrogens (primary N) is 1. The van der Waals surface area contributed by atoms with Crippen LogP contribution in [0.2, 0.25) is 0 Å². The van der Waals surface area contributed by atoms with Crippen molar-refractivity contribution in [3.8, 4) is 34.6 Å². The molecule has 1 aliphatic carbocycles. The van der Waals surface area contributed by atoms with Crippen molar-refractivity contribution in [2.24, 2.45) is 17.3 Å². The highest BCUT2D eigenvalue weighted by molar-refractivity contribution is 5.94. The molecule has 7 nitrogen and oxygen atoms in total. The van der Waals surface area contributed by atoms with Gasteiger partial charge in [0.25, 0.3) is 5.91 Å².